The Morgan fingerprint density at radius 3 is 2.95 bits per heavy atom. The lowest BCUT2D eigenvalue weighted by Gasteiger charge is -2.34. The van der Waals surface area contributed by atoms with Gasteiger partial charge in [0.05, 0.1) is 4.92 Å². The number of hydrogen-bond acceptors (Lipinski definition) is 4. The van der Waals surface area contributed by atoms with Crippen LogP contribution in [0.4, 0.5) is 11.4 Å². The van der Waals surface area contributed by atoms with Gasteiger partial charge in [-0.1, -0.05) is 12.1 Å². The Kier molecular flexibility index (Phi) is 4.77. The molecular formula is C15H20N2O4. The smallest absolute Gasteiger partial charge is 0.303 e. The molecule has 0 amide bonds. The predicted molar refractivity (Wildman–Crippen MR) is 79.6 cm³/mol. The summed E-state index contributed by atoms with van der Waals surface area (Å²) >= 11 is 0. The van der Waals surface area contributed by atoms with E-state index in [1.807, 2.05) is 17.9 Å². The number of carbonyl (C=O) groups is 1. The van der Waals surface area contributed by atoms with Crippen molar-refractivity contribution in [1.82, 2.24) is 0 Å². The summed E-state index contributed by atoms with van der Waals surface area (Å²) in [5.74, 6) is -0.497. The second-order valence-corrected chi connectivity index (χ2v) is 5.59. The van der Waals surface area contributed by atoms with Gasteiger partial charge < -0.3 is 10.0 Å². The summed E-state index contributed by atoms with van der Waals surface area (Å²) in [5, 5.41) is 20.0. The van der Waals surface area contributed by atoms with Gasteiger partial charge in [0.25, 0.3) is 5.69 Å². The Labute approximate surface area is 123 Å². The Morgan fingerprint density at radius 2 is 2.29 bits per heavy atom. The van der Waals surface area contributed by atoms with E-state index in [2.05, 4.69) is 0 Å². The van der Waals surface area contributed by atoms with Gasteiger partial charge >= 0.3 is 5.97 Å². The minimum Gasteiger partial charge on any atom is -0.481 e. The monoisotopic (exact) mass is 292 g/mol. The van der Waals surface area contributed by atoms with Gasteiger partial charge in [0.15, 0.2) is 0 Å². The maximum absolute atomic E-state index is 11.2. The highest BCUT2D eigenvalue weighted by atomic mass is 16.6. The summed E-state index contributed by atoms with van der Waals surface area (Å²) in [6.45, 7) is 3.36. The topological polar surface area (TPSA) is 83.7 Å². The quantitative estimate of drug-likeness (QED) is 0.666. The Bertz CT molecular complexity index is 544. The summed E-state index contributed by atoms with van der Waals surface area (Å²) < 4.78 is 0. The van der Waals surface area contributed by atoms with Crippen LogP contribution in [0.1, 0.15) is 31.2 Å². The SMILES string of the molecule is Cc1cccc([N+](=O)[O-])c1N1CCCC(CCC(=O)O)C1. The van der Waals surface area contributed by atoms with Crippen molar-refractivity contribution in [2.75, 3.05) is 18.0 Å². The standard InChI is InChI=1S/C15H20N2O4/c1-11-4-2-6-13(17(20)21)15(11)16-9-3-5-12(10-16)7-8-14(18)19/h2,4,6,12H,3,5,7-10H2,1H3,(H,18,19). The van der Waals surface area contributed by atoms with E-state index in [1.165, 1.54) is 6.07 Å². The summed E-state index contributed by atoms with van der Waals surface area (Å²) in [4.78, 5) is 23.6. The summed E-state index contributed by atoms with van der Waals surface area (Å²) in [6, 6.07) is 5.11. The normalized spacial score (nSPS) is 18.5. The van der Waals surface area contributed by atoms with Crippen LogP contribution in [0.5, 0.6) is 0 Å². The number of para-hydroxylation sites is 1. The molecule has 114 valence electrons. The molecule has 6 heteroatoms. The van der Waals surface area contributed by atoms with Crippen LogP contribution in [0.2, 0.25) is 0 Å². The van der Waals surface area contributed by atoms with Gasteiger partial charge in [-0.05, 0) is 37.7 Å². The number of aliphatic carboxylic acids is 1. The van der Waals surface area contributed by atoms with Crippen molar-refractivity contribution < 1.29 is 14.8 Å². The lowest BCUT2D eigenvalue weighted by Crippen LogP contribution is -2.36. The molecule has 0 saturated carbocycles. The van der Waals surface area contributed by atoms with Crippen LogP contribution in [-0.4, -0.2) is 29.1 Å². The predicted octanol–water partition coefficient (Wildman–Crippen LogP) is 2.98. The highest BCUT2D eigenvalue weighted by Crippen LogP contribution is 2.35. The third kappa shape index (κ3) is 3.71. The second kappa shape index (κ2) is 6.56. The summed E-state index contributed by atoms with van der Waals surface area (Å²) in [6.07, 6.45) is 2.72. The first-order valence-corrected chi connectivity index (χ1v) is 7.19. The van der Waals surface area contributed by atoms with Crippen LogP contribution in [-0.2, 0) is 4.79 Å². The molecule has 0 spiro atoms. The van der Waals surface area contributed by atoms with Gasteiger partial charge in [-0.2, -0.15) is 0 Å². The Morgan fingerprint density at radius 1 is 1.52 bits per heavy atom. The molecule has 0 radical (unpaired) electrons. The molecule has 1 unspecified atom stereocenters. The lowest BCUT2D eigenvalue weighted by atomic mass is 9.92. The number of piperidine rings is 1. The zero-order chi connectivity index (χ0) is 15.4. The number of rotatable bonds is 5. The molecule has 1 aromatic carbocycles. The van der Waals surface area contributed by atoms with Crippen molar-refractivity contribution in [1.29, 1.82) is 0 Å². The highest BCUT2D eigenvalue weighted by Gasteiger charge is 2.26. The van der Waals surface area contributed by atoms with Crippen molar-refractivity contribution >= 4 is 17.3 Å². The van der Waals surface area contributed by atoms with Gasteiger partial charge in [-0.25, -0.2) is 0 Å². The number of carboxylic acids is 1. The van der Waals surface area contributed by atoms with E-state index in [9.17, 15) is 14.9 Å². The number of nitro groups is 1. The van der Waals surface area contributed by atoms with E-state index in [0.29, 0.717) is 18.7 Å². The third-order valence-corrected chi connectivity index (χ3v) is 4.01. The van der Waals surface area contributed by atoms with E-state index in [0.717, 1.165) is 24.9 Å². The van der Waals surface area contributed by atoms with Gasteiger partial charge in [0.2, 0.25) is 0 Å². The maximum atomic E-state index is 11.2. The average molecular weight is 292 g/mol. The number of carboxylic acid groups (broad SMARTS) is 1. The fourth-order valence-corrected chi connectivity index (χ4v) is 3.03. The maximum Gasteiger partial charge on any atom is 0.303 e. The van der Waals surface area contributed by atoms with E-state index < -0.39 is 5.97 Å². The minimum atomic E-state index is -0.783. The molecule has 1 saturated heterocycles. The molecule has 1 atom stereocenters. The van der Waals surface area contributed by atoms with E-state index in [4.69, 9.17) is 5.11 Å². The van der Waals surface area contributed by atoms with Crippen molar-refractivity contribution in [2.45, 2.75) is 32.6 Å². The number of anilines is 1. The number of hydrogen-bond donors (Lipinski definition) is 1. The second-order valence-electron chi connectivity index (χ2n) is 5.59. The van der Waals surface area contributed by atoms with E-state index in [1.54, 1.807) is 6.07 Å². The van der Waals surface area contributed by atoms with Gasteiger partial charge in [-0.15, -0.1) is 0 Å². The van der Waals surface area contributed by atoms with Crippen LogP contribution in [0.25, 0.3) is 0 Å². The van der Waals surface area contributed by atoms with Gasteiger partial charge in [-0.3, -0.25) is 14.9 Å². The lowest BCUT2D eigenvalue weighted by molar-refractivity contribution is -0.384. The first-order chi connectivity index (χ1) is 9.99. The van der Waals surface area contributed by atoms with Crippen LogP contribution < -0.4 is 4.90 Å². The molecule has 21 heavy (non-hydrogen) atoms. The van der Waals surface area contributed by atoms with Crippen molar-refractivity contribution in [2.24, 2.45) is 5.92 Å². The zero-order valence-corrected chi connectivity index (χ0v) is 12.1. The Hall–Kier alpha value is -2.11. The number of benzene rings is 1. The van der Waals surface area contributed by atoms with Crippen LogP contribution in [0, 0.1) is 23.0 Å². The number of aryl methyl sites for hydroxylation is 1. The van der Waals surface area contributed by atoms with Gasteiger partial charge in [0, 0.05) is 25.6 Å². The molecular weight excluding hydrogens is 272 g/mol. The fraction of sp³-hybridized carbons (Fsp3) is 0.533. The van der Waals surface area contributed by atoms with Crippen molar-refractivity contribution in [3.63, 3.8) is 0 Å². The molecule has 1 N–H and O–H groups in total. The molecule has 0 aliphatic carbocycles. The molecule has 1 aliphatic heterocycles. The zero-order valence-electron chi connectivity index (χ0n) is 12.1. The molecule has 1 fully saturated rings. The van der Waals surface area contributed by atoms with Crippen LogP contribution in [0.3, 0.4) is 0 Å². The molecule has 1 heterocycles. The first-order valence-electron chi connectivity index (χ1n) is 7.19. The molecule has 2 rings (SSSR count). The number of nitro benzene ring substituents is 1. The summed E-state index contributed by atoms with van der Waals surface area (Å²) in [5.41, 5.74) is 1.71. The first kappa shape index (κ1) is 15.3. The Balaban J connectivity index is 2.18. The third-order valence-electron chi connectivity index (χ3n) is 4.01. The molecule has 6 nitrogen and oxygen atoms in total. The van der Waals surface area contributed by atoms with Crippen molar-refractivity contribution in [3.05, 3.63) is 33.9 Å². The van der Waals surface area contributed by atoms with Crippen LogP contribution in [0.15, 0.2) is 18.2 Å². The summed E-state index contributed by atoms with van der Waals surface area (Å²) in [7, 11) is 0. The highest BCUT2D eigenvalue weighted by molar-refractivity contribution is 5.68. The fourth-order valence-electron chi connectivity index (χ4n) is 3.03. The number of nitrogens with zero attached hydrogens (tertiary/aromatic N) is 2. The van der Waals surface area contributed by atoms with Gasteiger partial charge in [0.1, 0.15) is 5.69 Å². The average Bonchev–Trinajstić information content (AvgIpc) is 2.45. The van der Waals surface area contributed by atoms with Crippen molar-refractivity contribution in [3.8, 4) is 0 Å². The largest absolute Gasteiger partial charge is 0.481 e. The molecule has 0 aromatic heterocycles. The minimum absolute atomic E-state index is 0.133. The van der Waals surface area contributed by atoms with E-state index in [-0.39, 0.29) is 22.9 Å². The molecule has 1 aliphatic rings. The molecule has 1 aromatic rings. The van der Waals surface area contributed by atoms with Crippen LogP contribution >= 0.6 is 0 Å². The molecule has 0 bridgehead atoms. The van der Waals surface area contributed by atoms with E-state index >= 15 is 0 Å².